The Kier molecular flexibility index (Phi) is 1.62. The van der Waals surface area contributed by atoms with Crippen molar-refractivity contribution in [1.82, 2.24) is 9.78 Å². The number of hydrogen-bond donors (Lipinski definition) is 0. The summed E-state index contributed by atoms with van der Waals surface area (Å²) in [4.78, 5) is 0. The third kappa shape index (κ3) is 1.21. The van der Waals surface area contributed by atoms with Crippen LogP contribution in [0.25, 0.3) is 5.69 Å². The van der Waals surface area contributed by atoms with Crippen LogP contribution < -0.4 is 0 Å². The topological polar surface area (TPSA) is 17.8 Å². The van der Waals surface area contributed by atoms with Gasteiger partial charge in [0.1, 0.15) is 11.5 Å². The molecule has 1 saturated carbocycles. The fourth-order valence-corrected chi connectivity index (χ4v) is 2.88. The third-order valence-corrected chi connectivity index (χ3v) is 3.78. The molecule has 2 nitrogen and oxygen atoms in total. The minimum Gasteiger partial charge on any atom is -0.234 e. The Labute approximate surface area is 96.9 Å². The highest BCUT2D eigenvalue weighted by atomic mass is 19.1. The SMILES string of the molecule is Fc1ccc(-n2ncc3c2[C@H]2C[C@H]2C3)c(F)c1. The van der Waals surface area contributed by atoms with Gasteiger partial charge in [-0.2, -0.15) is 5.10 Å². The third-order valence-electron chi connectivity index (χ3n) is 3.78. The van der Waals surface area contributed by atoms with Crippen LogP contribution in [-0.4, -0.2) is 9.78 Å². The summed E-state index contributed by atoms with van der Waals surface area (Å²) in [5.41, 5.74) is 2.69. The second kappa shape index (κ2) is 2.94. The molecule has 0 spiro atoms. The first-order valence-corrected chi connectivity index (χ1v) is 5.76. The molecular formula is C13H10F2N2. The maximum atomic E-state index is 13.7. The number of halogens is 2. The van der Waals surface area contributed by atoms with Crippen LogP contribution in [0.4, 0.5) is 8.78 Å². The van der Waals surface area contributed by atoms with Gasteiger partial charge in [0.15, 0.2) is 5.82 Å². The van der Waals surface area contributed by atoms with Gasteiger partial charge in [0.05, 0.1) is 11.9 Å². The van der Waals surface area contributed by atoms with Crippen LogP contribution in [0.15, 0.2) is 24.4 Å². The van der Waals surface area contributed by atoms with Gasteiger partial charge in [-0.05, 0) is 36.5 Å². The molecule has 2 aromatic rings. The number of hydrogen-bond acceptors (Lipinski definition) is 1. The summed E-state index contributed by atoms with van der Waals surface area (Å²) in [5.74, 6) is 0.161. The molecule has 1 aromatic heterocycles. The Bertz CT molecular complexity index is 618. The van der Waals surface area contributed by atoms with E-state index in [2.05, 4.69) is 5.10 Å². The van der Waals surface area contributed by atoms with E-state index in [9.17, 15) is 8.78 Å². The first-order valence-electron chi connectivity index (χ1n) is 5.76. The number of aromatic nitrogens is 2. The van der Waals surface area contributed by atoms with Gasteiger partial charge in [0.25, 0.3) is 0 Å². The molecule has 1 fully saturated rings. The van der Waals surface area contributed by atoms with Crippen molar-refractivity contribution in [3.05, 3.63) is 47.3 Å². The van der Waals surface area contributed by atoms with Gasteiger partial charge in [-0.1, -0.05) is 0 Å². The van der Waals surface area contributed by atoms with Gasteiger partial charge in [0.2, 0.25) is 0 Å². The van der Waals surface area contributed by atoms with Crippen molar-refractivity contribution in [2.24, 2.45) is 5.92 Å². The predicted molar refractivity (Wildman–Crippen MR) is 58.0 cm³/mol. The Balaban J connectivity index is 1.90. The molecule has 4 rings (SSSR count). The lowest BCUT2D eigenvalue weighted by Gasteiger charge is -2.07. The average Bonchev–Trinajstić information content (AvgIpc) is 2.78. The fraction of sp³-hybridized carbons (Fsp3) is 0.308. The molecule has 2 aliphatic carbocycles. The lowest BCUT2D eigenvalue weighted by molar-refractivity contribution is 0.571. The van der Waals surface area contributed by atoms with E-state index in [4.69, 9.17) is 0 Å². The Morgan fingerprint density at radius 3 is 3.00 bits per heavy atom. The fourth-order valence-electron chi connectivity index (χ4n) is 2.88. The largest absolute Gasteiger partial charge is 0.234 e. The molecule has 1 aromatic carbocycles. The van der Waals surface area contributed by atoms with E-state index in [1.807, 2.05) is 6.20 Å². The van der Waals surface area contributed by atoms with E-state index in [-0.39, 0.29) is 0 Å². The molecule has 0 bridgehead atoms. The van der Waals surface area contributed by atoms with Crippen molar-refractivity contribution in [1.29, 1.82) is 0 Å². The minimum absolute atomic E-state index is 0.347. The summed E-state index contributed by atoms with van der Waals surface area (Å²) in [6, 6.07) is 3.63. The Hall–Kier alpha value is -1.71. The van der Waals surface area contributed by atoms with Crippen LogP contribution in [0, 0.1) is 17.6 Å². The van der Waals surface area contributed by atoms with E-state index >= 15 is 0 Å². The molecule has 0 radical (unpaired) electrons. The van der Waals surface area contributed by atoms with Crippen molar-refractivity contribution < 1.29 is 8.78 Å². The normalized spacial score (nSPS) is 24.6. The van der Waals surface area contributed by atoms with Crippen LogP contribution in [0.2, 0.25) is 0 Å². The molecule has 1 heterocycles. The van der Waals surface area contributed by atoms with Crippen molar-refractivity contribution in [2.75, 3.05) is 0 Å². The van der Waals surface area contributed by atoms with E-state index < -0.39 is 11.6 Å². The molecule has 2 atom stereocenters. The number of nitrogens with zero attached hydrogens (tertiary/aromatic N) is 2. The number of fused-ring (bicyclic) bond motifs is 3. The van der Waals surface area contributed by atoms with Crippen LogP contribution in [0.5, 0.6) is 0 Å². The van der Waals surface area contributed by atoms with Gasteiger partial charge >= 0.3 is 0 Å². The van der Waals surface area contributed by atoms with Crippen molar-refractivity contribution >= 4 is 0 Å². The molecule has 86 valence electrons. The molecule has 17 heavy (non-hydrogen) atoms. The highest BCUT2D eigenvalue weighted by Crippen LogP contribution is 2.56. The highest BCUT2D eigenvalue weighted by molar-refractivity contribution is 5.43. The zero-order valence-electron chi connectivity index (χ0n) is 9.03. The zero-order chi connectivity index (χ0) is 11.6. The highest BCUT2D eigenvalue weighted by Gasteiger charge is 2.48. The molecule has 0 unspecified atom stereocenters. The predicted octanol–water partition coefficient (Wildman–Crippen LogP) is 2.81. The zero-order valence-corrected chi connectivity index (χ0v) is 9.03. The number of benzene rings is 1. The lowest BCUT2D eigenvalue weighted by atomic mass is 10.2. The summed E-state index contributed by atoms with van der Waals surface area (Å²) < 4.78 is 28.2. The summed E-state index contributed by atoms with van der Waals surface area (Å²) in [5, 5.41) is 4.23. The van der Waals surface area contributed by atoms with E-state index in [0.717, 1.165) is 24.1 Å². The molecule has 4 heteroatoms. The van der Waals surface area contributed by atoms with Gasteiger partial charge in [-0.3, -0.25) is 0 Å². The van der Waals surface area contributed by atoms with Crippen molar-refractivity contribution in [3.63, 3.8) is 0 Å². The Morgan fingerprint density at radius 1 is 1.29 bits per heavy atom. The van der Waals surface area contributed by atoms with Gasteiger partial charge in [-0.25, -0.2) is 13.5 Å². The lowest BCUT2D eigenvalue weighted by Crippen LogP contribution is -2.04. The van der Waals surface area contributed by atoms with Gasteiger partial charge < -0.3 is 0 Å². The first-order chi connectivity index (χ1) is 8.24. The molecular weight excluding hydrogens is 222 g/mol. The molecule has 0 N–H and O–H groups in total. The summed E-state index contributed by atoms with van der Waals surface area (Å²) in [6.45, 7) is 0. The van der Waals surface area contributed by atoms with E-state index in [0.29, 0.717) is 11.6 Å². The Morgan fingerprint density at radius 2 is 2.18 bits per heavy atom. The minimum atomic E-state index is -0.556. The second-order valence-electron chi connectivity index (χ2n) is 4.87. The van der Waals surface area contributed by atoms with Gasteiger partial charge in [-0.15, -0.1) is 0 Å². The van der Waals surface area contributed by atoms with E-state index in [1.54, 1.807) is 4.68 Å². The molecule has 0 amide bonds. The summed E-state index contributed by atoms with van der Waals surface area (Å²) in [6.07, 6.45) is 4.05. The van der Waals surface area contributed by atoms with Crippen LogP contribution in [0.1, 0.15) is 23.6 Å². The standard InChI is InChI=1S/C13H10F2N2/c14-9-1-2-12(11(15)5-9)17-13-8(6-16-17)3-7-4-10(7)13/h1-2,5-7,10H,3-4H2/t7-,10+/m1/s1. The summed E-state index contributed by atoms with van der Waals surface area (Å²) >= 11 is 0. The van der Waals surface area contributed by atoms with Crippen LogP contribution in [0.3, 0.4) is 0 Å². The molecule has 2 aliphatic rings. The van der Waals surface area contributed by atoms with Crippen molar-refractivity contribution in [2.45, 2.75) is 18.8 Å². The quantitative estimate of drug-likeness (QED) is 0.739. The van der Waals surface area contributed by atoms with Crippen LogP contribution in [-0.2, 0) is 6.42 Å². The summed E-state index contributed by atoms with van der Waals surface area (Å²) in [7, 11) is 0. The second-order valence-corrected chi connectivity index (χ2v) is 4.87. The smallest absolute Gasteiger partial charge is 0.151 e. The maximum absolute atomic E-state index is 13.7. The van der Waals surface area contributed by atoms with Crippen LogP contribution >= 0.6 is 0 Å². The van der Waals surface area contributed by atoms with E-state index in [1.165, 1.54) is 24.1 Å². The van der Waals surface area contributed by atoms with Crippen molar-refractivity contribution in [3.8, 4) is 5.69 Å². The average molecular weight is 232 g/mol. The molecule has 0 saturated heterocycles. The van der Waals surface area contributed by atoms with Gasteiger partial charge in [0, 0.05) is 12.0 Å². The molecule has 0 aliphatic heterocycles. The monoisotopic (exact) mass is 232 g/mol. The maximum Gasteiger partial charge on any atom is 0.151 e. The number of rotatable bonds is 1. The first kappa shape index (κ1) is 9.33.